The minimum Gasteiger partial charge on any atom is -0.385 e. The number of benzene rings is 1. The molecule has 1 rings (SSSR count). The lowest BCUT2D eigenvalue weighted by Gasteiger charge is -2.10. The average molecular weight is 288 g/mol. The summed E-state index contributed by atoms with van der Waals surface area (Å²) in [6.07, 6.45) is 0. The molecule has 106 valence electrons. The Labute approximate surface area is 112 Å². The molecule has 7 heteroatoms. The van der Waals surface area contributed by atoms with Crippen molar-refractivity contribution in [3.8, 4) is 0 Å². The molecule has 0 aliphatic heterocycles. The average Bonchev–Trinajstić information content (AvgIpc) is 2.38. The molecular formula is C12H17FN2O3S. The summed E-state index contributed by atoms with van der Waals surface area (Å²) in [5, 5.41) is 5.08. The Bertz CT molecular complexity index is 558. The van der Waals surface area contributed by atoms with Crippen LogP contribution >= 0.6 is 0 Å². The molecule has 0 aromatic heterocycles. The maximum absolute atomic E-state index is 13.4. The standard InChI is InChI=1S/C12H17FN2O3S/c1-3-19(17,18)8-7-15-12(16)9-5-4-6-10(13)11(9)14-2/h4-6,14H,3,7-8H2,1-2H3,(H,15,16). The van der Waals surface area contributed by atoms with Gasteiger partial charge in [0.2, 0.25) is 0 Å². The van der Waals surface area contributed by atoms with Crippen LogP contribution in [0.5, 0.6) is 0 Å². The van der Waals surface area contributed by atoms with Gasteiger partial charge in [-0.2, -0.15) is 0 Å². The molecule has 5 nitrogen and oxygen atoms in total. The quantitative estimate of drug-likeness (QED) is 0.820. The maximum Gasteiger partial charge on any atom is 0.253 e. The van der Waals surface area contributed by atoms with Gasteiger partial charge in [-0.1, -0.05) is 13.0 Å². The lowest BCUT2D eigenvalue weighted by Crippen LogP contribution is -2.30. The Balaban J connectivity index is 2.72. The fraction of sp³-hybridized carbons (Fsp3) is 0.417. The zero-order valence-corrected chi connectivity index (χ0v) is 11.7. The molecule has 1 aromatic carbocycles. The molecule has 1 amide bonds. The van der Waals surface area contributed by atoms with E-state index in [1.165, 1.54) is 25.2 Å². The predicted molar refractivity (Wildman–Crippen MR) is 72.6 cm³/mol. The van der Waals surface area contributed by atoms with Gasteiger partial charge in [0.25, 0.3) is 5.91 Å². The van der Waals surface area contributed by atoms with Crippen molar-refractivity contribution in [1.82, 2.24) is 5.32 Å². The highest BCUT2D eigenvalue weighted by Crippen LogP contribution is 2.18. The lowest BCUT2D eigenvalue weighted by atomic mass is 10.1. The summed E-state index contributed by atoms with van der Waals surface area (Å²) in [7, 11) is -1.61. The Morgan fingerprint density at radius 2 is 2.05 bits per heavy atom. The fourth-order valence-electron chi connectivity index (χ4n) is 1.53. The van der Waals surface area contributed by atoms with Gasteiger partial charge in [0.15, 0.2) is 9.84 Å². The van der Waals surface area contributed by atoms with Crippen LogP contribution in [-0.2, 0) is 9.84 Å². The minimum absolute atomic E-state index is 0.00861. The number of rotatable bonds is 6. The van der Waals surface area contributed by atoms with Crippen LogP contribution in [-0.4, -0.2) is 39.4 Å². The molecule has 0 saturated heterocycles. The van der Waals surface area contributed by atoms with E-state index in [-0.39, 0.29) is 29.3 Å². The molecule has 0 fully saturated rings. The number of amides is 1. The lowest BCUT2D eigenvalue weighted by molar-refractivity contribution is 0.0956. The van der Waals surface area contributed by atoms with Gasteiger partial charge in [0.05, 0.1) is 17.0 Å². The molecule has 0 saturated carbocycles. The van der Waals surface area contributed by atoms with Crippen LogP contribution in [0, 0.1) is 5.82 Å². The van der Waals surface area contributed by atoms with Crippen molar-refractivity contribution in [2.24, 2.45) is 0 Å². The number of sulfone groups is 1. The van der Waals surface area contributed by atoms with Gasteiger partial charge in [-0.25, -0.2) is 12.8 Å². The molecule has 1 aromatic rings. The topological polar surface area (TPSA) is 75.3 Å². The highest BCUT2D eigenvalue weighted by molar-refractivity contribution is 7.91. The van der Waals surface area contributed by atoms with Gasteiger partial charge >= 0.3 is 0 Å². The predicted octanol–water partition coefficient (Wildman–Crippen LogP) is 1.03. The normalized spacial score (nSPS) is 11.1. The molecular weight excluding hydrogens is 271 g/mol. The van der Waals surface area contributed by atoms with E-state index >= 15 is 0 Å². The van der Waals surface area contributed by atoms with Crippen LogP contribution < -0.4 is 10.6 Å². The number of anilines is 1. The summed E-state index contributed by atoms with van der Waals surface area (Å²) in [6.45, 7) is 1.55. The summed E-state index contributed by atoms with van der Waals surface area (Å²) >= 11 is 0. The van der Waals surface area contributed by atoms with Crippen LogP contribution in [0.3, 0.4) is 0 Å². The summed E-state index contributed by atoms with van der Waals surface area (Å²) in [4.78, 5) is 11.8. The van der Waals surface area contributed by atoms with Gasteiger partial charge in [0.1, 0.15) is 5.82 Å². The van der Waals surface area contributed by atoms with Gasteiger partial charge in [-0.3, -0.25) is 4.79 Å². The van der Waals surface area contributed by atoms with Crippen LogP contribution in [0.1, 0.15) is 17.3 Å². The van der Waals surface area contributed by atoms with Gasteiger partial charge in [-0.15, -0.1) is 0 Å². The van der Waals surface area contributed by atoms with Crippen LogP contribution in [0.2, 0.25) is 0 Å². The molecule has 19 heavy (non-hydrogen) atoms. The van der Waals surface area contributed by atoms with E-state index in [1.807, 2.05) is 0 Å². The van der Waals surface area contributed by atoms with E-state index in [4.69, 9.17) is 0 Å². The van der Waals surface area contributed by atoms with E-state index in [0.717, 1.165) is 0 Å². The molecule has 0 spiro atoms. The van der Waals surface area contributed by atoms with Crippen LogP contribution in [0.25, 0.3) is 0 Å². The van der Waals surface area contributed by atoms with Crippen molar-refractivity contribution in [1.29, 1.82) is 0 Å². The highest BCUT2D eigenvalue weighted by Gasteiger charge is 2.14. The van der Waals surface area contributed by atoms with Crippen LogP contribution in [0.15, 0.2) is 18.2 Å². The summed E-state index contributed by atoms with van der Waals surface area (Å²) in [6, 6.07) is 4.14. The molecule has 2 N–H and O–H groups in total. The third kappa shape index (κ3) is 4.20. The third-order valence-electron chi connectivity index (χ3n) is 2.65. The SMILES string of the molecule is CCS(=O)(=O)CCNC(=O)c1cccc(F)c1NC. The molecule has 0 unspecified atom stereocenters. The van der Waals surface area contributed by atoms with Gasteiger partial charge in [-0.05, 0) is 12.1 Å². The number of para-hydroxylation sites is 1. The Morgan fingerprint density at radius 3 is 2.63 bits per heavy atom. The first-order valence-corrected chi connectivity index (χ1v) is 7.68. The van der Waals surface area contributed by atoms with Crippen molar-refractivity contribution in [2.75, 3.05) is 30.4 Å². The highest BCUT2D eigenvalue weighted by atomic mass is 32.2. The first kappa shape index (κ1) is 15.4. The van der Waals surface area contributed by atoms with E-state index in [2.05, 4.69) is 10.6 Å². The summed E-state index contributed by atoms with van der Waals surface area (Å²) < 4.78 is 36.0. The third-order valence-corrected chi connectivity index (χ3v) is 4.35. The van der Waals surface area contributed by atoms with E-state index in [0.29, 0.717) is 0 Å². The molecule has 0 radical (unpaired) electrons. The second-order valence-corrected chi connectivity index (χ2v) is 6.38. The molecule has 0 aliphatic carbocycles. The van der Waals surface area contributed by atoms with Crippen molar-refractivity contribution in [3.05, 3.63) is 29.6 Å². The minimum atomic E-state index is -3.13. The molecule has 0 aliphatic rings. The molecule has 0 atom stereocenters. The smallest absolute Gasteiger partial charge is 0.253 e. The number of carbonyl (C=O) groups excluding carboxylic acids is 1. The first-order valence-electron chi connectivity index (χ1n) is 5.86. The number of halogens is 1. The van der Waals surface area contributed by atoms with Crippen LogP contribution in [0.4, 0.5) is 10.1 Å². The van der Waals surface area contributed by atoms with E-state index in [9.17, 15) is 17.6 Å². The second kappa shape index (κ2) is 6.51. The number of carbonyl (C=O) groups is 1. The Hall–Kier alpha value is -1.63. The zero-order chi connectivity index (χ0) is 14.5. The van der Waals surface area contributed by atoms with Crippen molar-refractivity contribution < 1.29 is 17.6 Å². The van der Waals surface area contributed by atoms with E-state index < -0.39 is 21.6 Å². The maximum atomic E-state index is 13.4. The number of hydrogen-bond acceptors (Lipinski definition) is 4. The molecule has 0 bridgehead atoms. The fourth-order valence-corrected chi connectivity index (χ4v) is 2.23. The summed E-state index contributed by atoms with van der Waals surface area (Å²) in [5.41, 5.74) is 0.245. The number of hydrogen-bond donors (Lipinski definition) is 2. The van der Waals surface area contributed by atoms with Crippen molar-refractivity contribution in [2.45, 2.75) is 6.92 Å². The van der Waals surface area contributed by atoms with Crippen molar-refractivity contribution >= 4 is 21.4 Å². The molecule has 0 heterocycles. The van der Waals surface area contributed by atoms with E-state index in [1.54, 1.807) is 6.92 Å². The van der Waals surface area contributed by atoms with Gasteiger partial charge < -0.3 is 10.6 Å². The largest absolute Gasteiger partial charge is 0.385 e. The Kier molecular flexibility index (Phi) is 5.29. The zero-order valence-electron chi connectivity index (χ0n) is 10.9. The first-order chi connectivity index (χ1) is 8.91. The van der Waals surface area contributed by atoms with Gasteiger partial charge in [0, 0.05) is 19.3 Å². The second-order valence-electron chi connectivity index (χ2n) is 3.90. The number of nitrogens with one attached hydrogen (secondary N) is 2. The monoisotopic (exact) mass is 288 g/mol. The summed E-state index contributed by atoms with van der Waals surface area (Å²) in [5.74, 6) is -1.13. The Morgan fingerprint density at radius 1 is 1.37 bits per heavy atom. The van der Waals surface area contributed by atoms with Crippen molar-refractivity contribution in [3.63, 3.8) is 0 Å².